The van der Waals surface area contributed by atoms with Crippen molar-refractivity contribution < 1.29 is 14.3 Å². The summed E-state index contributed by atoms with van der Waals surface area (Å²) in [6.07, 6.45) is 4.24. The summed E-state index contributed by atoms with van der Waals surface area (Å²) in [4.78, 5) is 24.9. The highest BCUT2D eigenvalue weighted by molar-refractivity contribution is 5.97. The molecule has 2 rings (SSSR count). The molecule has 2 aromatic rings. The van der Waals surface area contributed by atoms with Gasteiger partial charge in [0.05, 0.1) is 18.7 Å². The Morgan fingerprint density at radius 3 is 2.45 bits per heavy atom. The molecule has 0 saturated carbocycles. The molecular weight excluding hydrogens is 414 g/mol. The van der Waals surface area contributed by atoms with E-state index >= 15 is 0 Å². The SMILES string of the molecule is CCCCCC(CC(=O)Nc1cc(C(N)=O)ccc1C(C)(C)C)c1ccc(C#N)cc1OC. The molecule has 0 radical (unpaired) electrons. The van der Waals surface area contributed by atoms with Gasteiger partial charge in [0.2, 0.25) is 11.8 Å². The van der Waals surface area contributed by atoms with Crippen LogP contribution in [-0.4, -0.2) is 18.9 Å². The molecule has 0 bridgehead atoms. The maximum absolute atomic E-state index is 13.2. The van der Waals surface area contributed by atoms with Crippen LogP contribution in [0.4, 0.5) is 5.69 Å². The van der Waals surface area contributed by atoms with Gasteiger partial charge in [-0.15, -0.1) is 0 Å². The van der Waals surface area contributed by atoms with Crippen LogP contribution in [0.1, 0.15) is 92.8 Å². The van der Waals surface area contributed by atoms with E-state index in [1.54, 1.807) is 31.4 Å². The number of amides is 2. The number of hydrogen-bond donors (Lipinski definition) is 2. The van der Waals surface area contributed by atoms with Crippen molar-refractivity contribution in [3.05, 3.63) is 58.7 Å². The van der Waals surface area contributed by atoms with E-state index in [-0.39, 0.29) is 23.7 Å². The van der Waals surface area contributed by atoms with Gasteiger partial charge in [0, 0.05) is 17.7 Å². The van der Waals surface area contributed by atoms with Crippen molar-refractivity contribution in [2.24, 2.45) is 5.73 Å². The van der Waals surface area contributed by atoms with Gasteiger partial charge in [0.1, 0.15) is 5.75 Å². The standard InChI is InChI=1S/C27H35N3O3/c1-6-7-8-9-19(21-12-10-18(17-28)14-24(21)33-5)16-25(31)30-23-15-20(26(29)32)11-13-22(23)27(2,3)4/h10-15,19H,6-9,16H2,1-5H3,(H2,29,32)(H,30,31). The molecule has 0 heterocycles. The fourth-order valence-corrected chi connectivity index (χ4v) is 4.01. The van der Waals surface area contributed by atoms with Crippen LogP contribution in [0.2, 0.25) is 0 Å². The minimum Gasteiger partial charge on any atom is -0.496 e. The van der Waals surface area contributed by atoms with E-state index in [2.05, 4.69) is 39.1 Å². The Labute approximate surface area is 197 Å². The van der Waals surface area contributed by atoms with Crippen molar-refractivity contribution in [3.63, 3.8) is 0 Å². The fourth-order valence-electron chi connectivity index (χ4n) is 4.01. The first-order chi connectivity index (χ1) is 15.6. The number of nitrogens with one attached hydrogen (secondary N) is 1. The molecule has 176 valence electrons. The van der Waals surface area contributed by atoms with Crippen molar-refractivity contribution in [3.8, 4) is 11.8 Å². The second-order valence-corrected chi connectivity index (χ2v) is 9.39. The molecule has 1 atom stereocenters. The highest BCUT2D eigenvalue weighted by Crippen LogP contribution is 2.35. The number of primary amides is 1. The summed E-state index contributed by atoms with van der Waals surface area (Å²) >= 11 is 0. The highest BCUT2D eigenvalue weighted by atomic mass is 16.5. The van der Waals surface area contributed by atoms with Gasteiger partial charge in [-0.2, -0.15) is 5.26 Å². The number of carbonyl (C=O) groups is 2. The van der Waals surface area contributed by atoms with Crippen LogP contribution >= 0.6 is 0 Å². The molecule has 0 saturated heterocycles. The maximum Gasteiger partial charge on any atom is 0.248 e. The second-order valence-electron chi connectivity index (χ2n) is 9.39. The van der Waals surface area contributed by atoms with E-state index < -0.39 is 5.91 Å². The Morgan fingerprint density at radius 1 is 1.15 bits per heavy atom. The normalized spacial score (nSPS) is 12.0. The zero-order valence-corrected chi connectivity index (χ0v) is 20.3. The summed E-state index contributed by atoms with van der Waals surface area (Å²) in [5.41, 5.74) is 8.56. The van der Waals surface area contributed by atoms with Crippen LogP contribution < -0.4 is 15.8 Å². The Bertz CT molecular complexity index is 1030. The molecule has 6 nitrogen and oxygen atoms in total. The van der Waals surface area contributed by atoms with Gasteiger partial charge in [0.25, 0.3) is 0 Å². The number of nitrogens with two attached hydrogens (primary N) is 1. The third kappa shape index (κ3) is 7.08. The van der Waals surface area contributed by atoms with Crippen LogP contribution in [0.5, 0.6) is 5.75 Å². The van der Waals surface area contributed by atoms with Crippen LogP contribution in [0.3, 0.4) is 0 Å². The predicted molar refractivity (Wildman–Crippen MR) is 131 cm³/mol. The topological polar surface area (TPSA) is 105 Å². The van der Waals surface area contributed by atoms with E-state index in [0.29, 0.717) is 22.6 Å². The predicted octanol–water partition coefficient (Wildman–Crippen LogP) is 5.66. The molecule has 33 heavy (non-hydrogen) atoms. The number of methoxy groups -OCH3 is 1. The zero-order valence-electron chi connectivity index (χ0n) is 20.3. The molecule has 0 spiro atoms. The van der Waals surface area contributed by atoms with Gasteiger partial charge >= 0.3 is 0 Å². The number of ether oxygens (including phenoxy) is 1. The molecule has 2 aromatic carbocycles. The molecular formula is C27H35N3O3. The van der Waals surface area contributed by atoms with E-state index in [4.69, 9.17) is 10.5 Å². The smallest absolute Gasteiger partial charge is 0.248 e. The summed E-state index contributed by atoms with van der Waals surface area (Å²) < 4.78 is 5.55. The second kappa shape index (κ2) is 11.5. The summed E-state index contributed by atoms with van der Waals surface area (Å²) in [5.74, 6) is -0.119. The van der Waals surface area contributed by atoms with Crippen molar-refractivity contribution in [2.75, 3.05) is 12.4 Å². The number of anilines is 1. The van der Waals surface area contributed by atoms with E-state index in [1.807, 2.05) is 12.1 Å². The third-order valence-electron chi connectivity index (χ3n) is 5.78. The Kier molecular flexibility index (Phi) is 9.04. The number of unbranched alkanes of at least 4 members (excludes halogenated alkanes) is 2. The lowest BCUT2D eigenvalue weighted by atomic mass is 9.84. The Morgan fingerprint density at radius 2 is 1.88 bits per heavy atom. The van der Waals surface area contributed by atoms with Crippen molar-refractivity contribution in [1.29, 1.82) is 5.26 Å². The fraction of sp³-hybridized carbons (Fsp3) is 0.444. The number of benzene rings is 2. The number of nitriles is 1. The van der Waals surface area contributed by atoms with E-state index in [0.717, 1.165) is 36.8 Å². The van der Waals surface area contributed by atoms with Gasteiger partial charge in [-0.3, -0.25) is 9.59 Å². The molecule has 6 heteroatoms. The summed E-state index contributed by atoms with van der Waals surface area (Å²) in [7, 11) is 1.58. The minimum absolute atomic E-state index is 0.0587. The molecule has 0 aliphatic heterocycles. The average molecular weight is 450 g/mol. The average Bonchev–Trinajstić information content (AvgIpc) is 2.77. The first-order valence-electron chi connectivity index (χ1n) is 11.4. The lowest BCUT2D eigenvalue weighted by Gasteiger charge is -2.25. The first kappa shape index (κ1) is 25.9. The number of hydrogen-bond acceptors (Lipinski definition) is 4. The Balaban J connectivity index is 2.35. The molecule has 0 aromatic heterocycles. The first-order valence-corrected chi connectivity index (χ1v) is 11.4. The minimum atomic E-state index is -0.536. The maximum atomic E-state index is 13.2. The highest BCUT2D eigenvalue weighted by Gasteiger charge is 2.23. The molecule has 0 aliphatic carbocycles. The van der Waals surface area contributed by atoms with Gasteiger partial charge in [-0.25, -0.2) is 0 Å². The lowest BCUT2D eigenvalue weighted by molar-refractivity contribution is -0.116. The quantitative estimate of drug-likeness (QED) is 0.457. The molecule has 0 aliphatic rings. The molecule has 0 fully saturated rings. The monoisotopic (exact) mass is 449 g/mol. The van der Waals surface area contributed by atoms with E-state index in [9.17, 15) is 14.9 Å². The van der Waals surface area contributed by atoms with Gasteiger partial charge in [0.15, 0.2) is 0 Å². The zero-order chi connectivity index (χ0) is 24.6. The summed E-state index contributed by atoms with van der Waals surface area (Å²) in [6, 6.07) is 12.7. The third-order valence-corrected chi connectivity index (χ3v) is 5.78. The molecule has 1 unspecified atom stereocenters. The van der Waals surface area contributed by atoms with Crippen molar-refractivity contribution >= 4 is 17.5 Å². The largest absolute Gasteiger partial charge is 0.496 e. The number of carbonyl (C=O) groups excluding carboxylic acids is 2. The molecule has 3 N–H and O–H groups in total. The van der Waals surface area contributed by atoms with Crippen LogP contribution in [0.15, 0.2) is 36.4 Å². The molecule has 2 amide bonds. The Hall–Kier alpha value is -3.33. The van der Waals surface area contributed by atoms with Crippen molar-refractivity contribution in [2.45, 2.75) is 71.1 Å². The van der Waals surface area contributed by atoms with Crippen LogP contribution in [0, 0.1) is 11.3 Å². The number of nitrogens with zero attached hydrogens (tertiary/aromatic N) is 1. The van der Waals surface area contributed by atoms with Gasteiger partial charge in [-0.1, -0.05) is 59.1 Å². The summed E-state index contributed by atoms with van der Waals surface area (Å²) in [5, 5.41) is 12.2. The van der Waals surface area contributed by atoms with Gasteiger partial charge in [-0.05, 0) is 53.1 Å². The van der Waals surface area contributed by atoms with Gasteiger partial charge < -0.3 is 15.8 Å². The van der Waals surface area contributed by atoms with Crippen molar-refractivity contribution in [1.82, 2.24) is 0 Å². The van der Waals surface area contributed by atoms with Crippen LogP contribution in [0.25, 0.3) is 0 Å². The van der Waals surface area contributed by atoms with E-state index in [1.165, 1.54) is 0 Å². The number of rotatable bonds is 10. The summed E-state index contributed by atoms with van der Waals surface area (Å²) in [6.45, 7) is 8.30. The van der Waals surface area contributed by atoms with Crippen LogP contribution in [-0.2, 0) is 10.2 Å². The lowest BCUT2D eigenvalue weighted by Crippen LogP contribution is -2.22.